The SMILES string of the molecule is CCCCCCCCCCCC(=O)[NH][Ti+2]([C]1=C(C)C(C)=C(C)C1C)[SiH](C)C.[Cl-].[Cl-]. The average Bonchev–Trinajstić information content (AvgIpc) is 2.81. The molecule has 2 nitrogen and oxygen atoms in total. The van der Waals surface area contributed by atoms with E-state index < -0.39 is 24.0 Å². The first kappa shape index (κ1) is 31.6. The smallest absolute Gasteiger partial charge is 1.00 e. The molecule has 0 aliphatic heterocycles. The molecular formula is C23H44Cl2NOSiTi. The zero-order valence-corrected chi connectivity index (χ0v) is 24.1. The Morgan fingerprint density at radius 3 is 1.79 bits per heavy atom. The number of nitrogens with one attached hydrogen (secondary N) is 1. The van der Waals surface area contributed by atoms with E-state index in [-0.39, 0.29) is 24.8 Å². The number of hydrogen-bond donors (Lipinski definition) is 1. The van der Waals surface area contributed by atoms with Crippen LogP contribution in [0, 0.1) is 5.92 Å². The van der Waals surface area contributed by atoms with E-state index in [1.807, 2.05) is 0 Å². The van der Waals surface area contributed by atoms with Gasteiger partial charge in [0.05, 0.1) is 0 Å². The maximum absolute atomic E-state index is 12.6. The predicted molar refractivity (Wildman–Crippen MR) is 119 cm³/mol. The van der Waals surface area contributed by atoms with Crippen molar-refractivity contribution < 1.29 is 47.0 Å². The van der Waals surface area contributed by atoms with Crippen LogP contribution in [-0.2, 0) is 22.2 Å². The molecular weight excluding hydrogens is 453 g/mol. The van der Waals surface area contributed by atoms with Crippen LogP contribution in [0.15, 0.2) is 20.6 Å². The van der Waals surface area contributed by atoms with Crippen LogP contribution in [0.3, 0.4) is 0 Å². The topological polar surface area (TPSA) is 29.1 Å². The van der Waals surface area contributed by atoms with E-state index in [0.29, 0.717) is 11.8 Å². The number of hydrogen-bond acceptors (Lipinski definition) is 1. The van der Waals surface area contributed by atoms with Gasteiger partial charge in [-0.1, -0.05) is 6.92 Å². The van der Waals surface area contributed by atoms with Gasteiger partial charge in [0.2, 0.25) is 0 Å². The molecule has 169 valence electrons. The van der Waals surface area contributed by atoms with Crippen LogP contribution in [0.1, 0.15) is 98.8 Å². The molecule has 0 aromatic heterocycles. The van der Waals surface area contributed by atoms with Crippen LogP contribution in [0.2, 0.25) is 13.1 Å². The number of amides is 1. The first-order chi connectivity index (χ1) is 12.8. The zero-order valence-electron chi connectivity index (χ0n) is 19.9. The van der Waals surface area contributed by atoms with Crippen LogP contribution < -0.4 is 28.6 Å². The van der Waals surface area contributed by atoms with Crippen molar-refractivity contribution in [3.05, 3.63) is 20.6 Å². The molecule has 0 fully saturated rings. The fraction of sp³-hybridized carbons (Fsp3) is 0.783. The van der Waals surface area contributed by atoms with Gasteiger partial charge in [0.1, 0.15) is 0 Å². The fourth-order valence-corrected chi connectivity index (χ4v) is 14.8. The van der Waals surface area contributed by atoms with Gasteiger partial charge in [-0.15, -0.1) is 0 Å². The first-order valence-electron chi connectivity index (χ1n) is 11.4. The Kier molecular flexibility index (Phi) is 18.6. The van der Waals surface area contributed by atoms with Gasteiger partial charge in [0, 0.05) is 0 Å². The molecule has 6 heteroatoms. The Morgan fingerprint density at radius 1 is 0.897 bits per heavy atom. The Bertz CT molecular complexity index is 549. The minimum Gasteiger partial charge on any atom is -1.00 e. The second-order valence-corrected chi connectivity index (χ2v) is 21.4. The molecule has 0 saturated heterocycles. The third-order valence-corrected chi connectivity index (χ3v) is 17.8. The molecule has 0 saturated carbocycles. The van der Waals surface area contributed by atoms with E-state index in [4.69, 9.17) is 0 Å². The molecule has 0 radical (unpaired) electrons. The molecule has 1 aliphatic rings. The van der Waals surface area contributed by atoms with E-state index in [0.717, 1.165) is 12.8 Å². The van der Waals surface area contributed by atoms with Crippen LogP contribution in [0.25, 0.3) is 0 Å². The minimum absolute atomic E-state index is 0. The number of unbranched alkanes of at least 4 members (excludes halogenated alkanes) is 8. The van der Waals surface area contributed by atoms with Crippen LogP contribution in [0.5, 0.6) is 0 Å². The quantitative estimate of drug-likeness (QED) is 0.296. The summed E-state index contributed by atoms with van der Waals surface area (Å²) in [5.41, 5.74) is 4.50. The Balaban J connectivity index is 0. The van der Waals surface area contributed by atoms with Crippen molar-refractivity contribution >= 4 is 12.6 Å². The summed E-state index contributed by atoms with van der Waals surface area (Å²) in [5.74, 6) is 0.895. The largest absolute Gasteiger partial charge is 1.00 e. The van der Waals surface area contributed by atoms with Gasteiger partial charge in [0.25, 0.3) is 0 Å². The molecule has 0 heterocycles. The van der Waals surface area contributed by atoms with E-state index >= 15 is 0 Å². The maximum atomic E-state index is 12.6. The Labute approximate surface area is 200 Å². The normalized spacial score (nSPS) is 16.1. The summed E-state index contributed by atoms with van der Waals surface area (Å²) in [5, 5.41) is 0. The number of carbonyl (C=O) groups is 1. The van der Waals surface area contributed by atoms with Gasteiger partial charge >= 0.3 is 170 Å². The van der Waals surface area contributed by atoms with Crippen molar-refractivity contribution in [3.63, 3.8) is 0 Å². The Hall–Kier alpha value is 0.461. The predicted octanol–water partition coefficient (Wildman–Crippen LogP) is 0.808. The van der Waals surface area contributed by atoms with Gasteiger partial charge in [-0.2, -0.15) is 0 Å². The van der Waals surface area contributed by atoms with Crippen molar-refractivity contribution in [3.8, 4) is 0 Å². The van der Waals surface area contributed by atoms with Crippen LogP contribution in [-0.4, -0.2) is 12.6 Å². The monoisotopic (exact) mass is 496 g/mol. The molecule has 0 aromatic carbocycles. The third kappa shape index (κ3) is 10.6. The number of halogens is 2. The molecule has 1 amide bonds. The summed E-state index contributed by atoms with van der Waals surface area (Å²) in [6.45, 7) is 15.5. The molecule has 1 aliphatic carbocycles. The molecule has 0 bridgehead atoms. The molecule has 1 atom stereocenters. The molecule has 1 N–H and O–H groups in total. The van der Waals surface area contributed by atoms with Crippen molar-refractivity contribution in [2.45, 2.75) is 112 Å². The maximum Gasteiger partial charge on any atom is -1.00 e. The molecule has 29 heavy (non-hydrogen) atoms. The molecule has 0 spiro atoms. The second kappa shape index (κ2) is 17.1. The summed E-state index contributed by atoms with van der Waals surface area (Å²) in [6.07, 6.45) is 12.5. The van der Waals surface area contributed by atoms with E-state index in [9.17, 15) is 4.79 Å². The first-order valence-corrected chi connectivity index (χ1v) is 18.5. The van der Waals surface area contributed by atoms with Crippen molar-refractivity contribution in [1.82, 2.24) is 3.80 Å². The fourth-order valence-electron chi connectivity index (χ4n) is 4.13. The Morgan fingerprint density at radius 2 is 1.38 bits per heavy atom. The van der Waals surface area contributed by atoms with Crippen LogP contribution in [0.4, 0.5) is 0 Å². The van der Waals surface area contributed by atoms with E-state index in [1.54, 1.807) is 3.88 Å². The van der Waals surface area contributed by atoms with Gasteiger partial charge in [-0.25, -0.2) is 0 Å². The summed E-state index contributed by atoms with van der Waals surface area (Å²) >= 11 is -1.64. The second-order valence-electron chi connectivity index (χ2n) is 8.76. The van der Waals surface area contributed by atoms with E-state index in [1.165, 1.54) is 68.1 Å². The van der Waals surface area contributed by atoms with Gasteiger partial charge in [-0.3, -0.25) is 0 Å². The van der Waals surface area contributed by atoms with Crippen molar-refractivity contribution in [2.75, 3.05) is 0 Å². The molecule has 0 aromatic rings. The average molecular weight is 497 g/mol. The zero-order chi connectivity index (χ0) is 20.4. The van der Waals surface area contributed by atoms with Gasteiger partial charge in [0.15, 0.2) is 0 Å². The summed E-state index contributed by atoms with van der Waals surface area (Å²) in [4.78, 5) is 12.6. The summed E-state index contributed by atoms with van der Waals surface area (Å²) < 4.78 is 5.25. The molecule has 1 unspecified atom stereocenters. The number of carbonyl (C=O) groups excluding carboxylic acids is 1. The molecule has 1 rings (SSSR count). The van der Waals surface area contributed by atoms with Gasteiger partial charge < -0.3 is 24.8 Å². The van der Waals surface area contributed by atoms with Crippen molar-refractivity contribution in [2.24, 2.45) is 5.92 Å². The minimum atomic E-state index is -1.64. The van der Waals surface area contributed by atoms with Crippen molar-refractivity contribution in [1.29, 1.82) is 0 Å². The number of allylic oxidation sites excluding steroid dienone is 4. The number of rotatable bonds is 13. The summed E-state index contributed by atoms with van der Waals surface area (Å²) in [6, 6.07) is 0. The van der Waals surface area contributed by atoms with Gasteiger partial charge in [-0.05, 0) is 0 Å². The van der Waals surface area contributed by atoms with Crippen LogP contribution >= 0.6 is 0 Å². The standard InChI is InChI=1S/C12H25NO.C9H13.C2H7Si.2ClH.Ti/c1-2-3-4-5-6-7-8-9-10-11-12(13)14;1-6-5-7(2)9(4)8(6)3;1-3-2;;;/h2-11H2,1H3,(H2,13,14);6H,1-4H3;3H,1-2H3;2*1H;/q;;;;;+3/p-3. The van der Waals surface area contributed by atoms with E-state index in [2.05, 4.69) is 51.5 Å². The third-order valence-electron chi connectivity index (χ3n) is 6.29. The summed E-state index contributed by atoms with van der Waals surface area (Å²) in [7, 11) is 0.